The molecule has 1 nitrogen and oxygen atoms in total. The van der Waals surface area contributed by atoms with Crippen LogP contribution in [0, 0.1) is 0 Å². The van der Waals surface area contributed by atoms with Crippen LogP contribution in [0.5, 0.6) is 0 Å². The van der Waals surface area contributed by atoms with Gasteiger partial charge in [-0.2, -0.15) is 0 Å². The van der Waals surface area contributed by atoms with Crippen molar-refractivity contribution < 1.29 is 4.79 Å². The van der Waals surface area contributed by atoms with Crippen molar-refractivity contribution in [2.24, 2.45) is 0 Å². The SMILES string of the molecule is CC(C=O)c1cc(Br)ccc1Cl. The van der Waals surface area contributed by atoms with Crippen molar-refractivity contribution >= 4 is 33.8 Å². The van der Waals surface area contributed by atoms with E-state index in [9.17, 15) is 4.79 Å². The molecule has 0 N–H and O–H groups in total. The first-order valence-electron chi connectivity index (χ1n) is 3.55. The number of benzene rings is 1. The molecule has 0 radical (unpaired) electrons. The van der Waals surface area contributed by atoms with Gasteiger partial charge in [-0.25, -0.2) is 0 Å². The van der Waals surface area contributed by atoms with Gasteiger partial charge in [0.2, 0.25) is 0 Å². The quantitative estimate of drug-likeness (QED) is 0.732. The van der Waals surface area contributed by atoms with Crippen molar-refractivity contribution in [3.05, 3.63) is 33.3 Å². The third-order valence-corrected chi connectivity index (χ3v) is 2.49. The van der Waals surface area contributed by atoms with E-state index in [0.29, 0.717) is 5.02 Å². The first-order valence-corrected chi connectivity index (χ1v) is 4.72. The molecule has 0 amide bonds. The Balaban J connectivity index is 3.12. The highest BCUT2D eigenvalue weighted by Crippen LogP contribution is 2.26. The first kappa shape index (κ1) is 9.75. The average Bonchev–Trinajstić information content (AvgIpc) is 2.08. The van der Waals surface area contributed by atoms with Gasteiger partial charge in [0.15, 0.2) is 0 Å². The van der Waals surface area contributed by atoms with E-state index in [1.165, 1.54) is 0 Å². The van der Waals surface area contributed by atoms with Crippen molar-refractivity contribution in [3.63, 3.8) is 0 Å². The van der Waals surface area contributed by atoms with Gasteiger partial charge in [0.25, 0.3) is 0 Å². The summed E-state index contributed by atoms with van der Waals surface area (Å²) < 4.78 is 0.940. The van der Waals surface area contributed by atoms with E-state index in [-0.39, 0.29) is 5.92 Å². The standard InChI is InChI=1S/C9H8BrClO/c1-6(5-12)8-4-7(10)2-3-9(8)11/h2-6H,1H3. The zero-order valence-corrected chi connectivity index (χ0v) is 8.89. The number of hydrogen-bond donors (Lipinski definition) is 0. The van der Waals surface area contributed by atoms with Gasteiger partial charge in [-0.1, -0.05) is 34.5 Å². The molecule has 1 aromatic carbocycles. The van der Waals surface area contributed by atoms with E-state index in [1.807, 2.05) is 19.1 Å². The fourth-order valence-corrected chi connectivity index (χ4v) is 1.61. The lowest BCUT2D eigenvalue weighted by Crippen LogP contribution is -1.94. The van der Waals surface area contributed by atoms with Crippen LogP contribution in [-0.2, 0) is 4.79 Å². The molecule has 0 aliphatic carbocycles. The van der Waals surface area contributed by atoms with Gasteiger partial charge in [0.1, 0.15) is 6.29 Å². The molecule has 0 aliphatic heterocycles. The largest absolute Gasteiger partial charge is 0.303 e. The van der Waals surface area contributed by atoms with E-state index in [2.05, 4.69) is 15.9 Å². The number of carbonyl (C=O) groups is 1. The van der Waals surface area contributed by atoms with E-state index in [4.69, 9.17) is 11.6 Å². The highest BCUT2D eigenvalue weighted by molar-refractivity contribution is 9.10. The van der Waals surface area contributed by atoms with Gasteiger partial charge in [-0.05, 0) is 23.8 Å². The van der Waals surface area contributed by atoms with E-state index in [0.717, 1.165) is 16.3 Å². The summed E-state index contributed by atoms with van der Waals surface area (Å²) in [5, 5.41) is 0.637. The Morgan fingerprint density at radius 1 is 1.58 bits per heavy atom. The third-order valence-electron chi connectivity index (χ3n) is 1.65. The molecule has 3 heteroatoms. The van der Waals surface area contributed by atoms with Crippen LogP contribution in [0.15, 0.2) is 22.7 Å². The molecule has 0 heterocycles. The minimum atomic E-state index is -0.144. The van der Waals surface area contributed by atoms with E-state index >= 15 is 0 Å². The van der Waals surface area contributed by atoms with Crippen LogP contribution in [0.3, 0.4) is 0 Å². The predicted octanol–water partition coefficient (Wildman–Crippen LogP) is 3.40. The highest BCUT2D eigenvalue weighted by atomic mass is 79.9. The summed E-state index contributed by atoms with van der Waals surface area (Å²) in [6.45, 7) is 1.82. The van der Waals surface area contributed by atoms with Gasteiger partial charge < -0.3 is 4.79 Å². The normalized spacial score (nSPS) is 12.6. The second-order valence-electron chi connectivity index (χ2n) is 2.59. The molecule has 1 aromatic rings. The summed E-state index contributed by atoms with van der Waals surface area (Å²) in [6.07, 6.45) is 0.883. The molecule has 64 valence electrons. The third kappa shape index (κ3) is 2.08. The van der Waals surface area contributed by atoms with Crippen molar-refractivity contribution in [2.75, 3.05) is 0 Å². The number of aldehydes is 1. The lowest BCUT2D eigenvalue weighted by atomic mass is 10.0. The lowest BCUT2D eigenvalue weighted by Gasteiger charge is -2.06. The van der Waals surface area contributed by atoms with Crippen LogP contribution >= 0.6 is 27.5 Å². The highest BCUT2D eigenvalue weighted by Gasteiger charge is 2.08. The van der Waals surface area contributed by atoms with E-state index in [1.54, 1.807) is 6.07 Å². The number of halogens is 2. The van der Waals surface area contributed by atoms with Crippen molar-refractivity contribution in [2.45, 2.75) is 12.8 Å². The molecular formula is C9H8BrClO. The second kappa shape index (κ2) is 4.06. The summed E-state index contributed by atoms with van der Waals surface area (Å²) in [6, 6.07) is 5.49. The molecule has 0 fully saturated rings. The minimum Gasteiger partial charge on any atom is -0.303 e. The van der Waals surface area contributed by atoms with Crippen molar-refractivity contribution in [3.8, 4) is 0 Å². The maximum absolute atomic E-state index is 10.5. The zero-order chi connectivity index (χ0) is 9.14. The smallest absolute Gasteiger partial charge is 0.127 e. The maximum atomic E-state index is 10.5. The minimum absolute atomic E-state index is 0.144. The molecule has 0 saturated carbocycles. The Labute approximate surface area is 84.9 Å². The fourth-order valence-electron chi connectivity index (χ4n) is 0.937. The van der Waals surface area contributed by atoms with Crippen molar-refractivity contribution in [1.29, 1.82) is 0 Å². The van der Waals surface area contributed by atoms with E-state index < -0.39 is 0 Å². The topological polar surface area (TPSA) is 17.1 Å². The molecule has 1 unspecified atom stereocenters. The van der Waals surface area contributed by atoms with Crippen molar-refractivity contribution in [1.82, 2.24) is 0 Å². The Kier molecular flexibility index (Phi) is 3.29. The first-order chi connectivity index (χ1) is 5.65. The van der Waals surface area contributed by atoms with Crippen LogP contribution in [0.1, 0.15) is 18.4 Å². The van der Waals surface area contributed by atoms with Gasteiger partial charge in [0.05, 0.1) is 0 Å². The molecule has 0 bridgehead atoms. The van der Waals surface area contributed by atoms with Crippen LogP contribution in [0.25, 0.3) is 0 Å². The molecule has 0 spiro atoms. The Morgan fingerprint density at radius 2 is 2.25 bits per heavy atom. The average molecular weight is 248 g/mol. The zero-order valence-electron chi connectivity index (χ0n) is 6.55. The number of rotatable bonds is 2. The summed E-state index contributed by atoms with van der Waals surface area (Å²) >= 11 is 9.21. The summed E-state index contributed by atoms with van der Waals surface area (Å²) in [5.41, 5.74) is 0.862. The molecule has 0 aromatic heterocycles. The van der Waals surface area contributed by atoms with Gasteiger partial charge in [-0.3, -0.25) is 0 Å². The van der Waals surface area contributed by atoms with Crippen LogP contribution in [-0.4, -0.2) is 6.29 Å². The summed E-state index contributed by atoms with van der Waals surface area (Å²) in [4.78, 5) is 10.5. The van der Waals surface area contributed by atoms with Crippen LogP contribution in [0.4, 0.5) is 0 Å². The Bertz CT molecular complexity index is 299. The van der Waals surface area contributed by atoms with Gasteiger partial charge in [-0.15, -0.1) is 0 Å². The summed E-state index contributed by atoms with van der Waals surface area (Å²) in [7, 11) is 0. The lowest BCUT2D eigenvalue weighted by molar-refractivity contribution is -0.108. The fraction of sp³-hybridized carbons (Fsp3) is 0.222. The molecule has 0 saturated heterocycles. The van der Waals surface area contributed by atoms with Gasteiger partial charge >= 0.3 is 0 Å². The molecule has 12 heavy (non-hydrogen) atoms. The molecule has 0 aliphatic rings. The Hall–Kier alpha value is -0.340. The Morgan fingerprint density at radius 3 is 2.83 bits per heavy atom. The maximum Gasteiger partial charge on any atom is 0.127 e. The summed E-state index contributed by atoms with van der Waals surface area (Å²) in [5.74, 6) is -0.144. The monoisotopic (exact) mass is 246 g/mol. The van der Waals surface area contributed by atoms with Gasteiger partial charge in [0, 0.05) is 15.4 Å². The molecule has 1 rings (SSSR count). The van der Waals surface area contributed by atoms with Crippen LogP contribution in [0.2, 0.25) is 5.02 Å². The van der Waals surface area contributed by atoms with Crippen LogP contribution < -0.4 is 0 Å². The number of hydrogen-bond acceptors (Lipinski definition) is 1. The molecule has 1 atom stereocenters. The number of carbonyl (C=O) groups excluding carboxylic acids is 1. The second-order valence-corrected chi connectivity index (χ2v) is 3.91. The molecular weight excluding hydrogens is 239 g/mol. The predicted molar refractivity (Wildman–Crippen MR) is 53.6 cm³/mol.